The number of hydrogen-bond donors (Lipinski definition) is 2. The summed E-state index contributed by atoms with van der Waals surface area (Å²) < 4.78 is 0.240. The van der Waals surface area contributed by atoms with E-state index < -0.39 is 0 Å². The van der Waals surface area contributed by atoms with Gasteiger partial charge in [-0.15, -0.1) is 0 Å². The molecule has 0 aliphatic carbocycles. The minimum atomic E-state index is 0.240. The van der Waals surface area contributed by atoms with Gasteiger partial charge in [-0.1, -0.05) is 91.9 Å². The summed E-state index contributed by atoms with van der Waals surface area (Å²) in [7, 11) is 0. The first-order valence-electron chi connectivity index (χ1n) is 8.81. The lowest BCUT2D eigenvalue weighted by atomic mass is 10.0. The normalized spacial score (nSPS) is 11.1. The van der Waals surface area contributed by atoms with Crippen LogP contribution in [0.25, 0.3) is 0 Å². The maximum absolute atomic E-state index is 4.51. The molecule has 0 heterocycles. The molecule has 0 amide bonds. The predicted octanol–water partition coefficient (Wildman–Crippen LogP) is 7.33. The summed E-state index contributed by atoms with van der Waals surface area (Å²) in [4.78, 5) is 0. The van der Waals surface area contributed by atoms with Crippen molar-refractivity contribution in [3.63, 3.8) is 0 Å². The van der Waals surface area contributed by atoms with Crippen LogP contribution in [0.2, 0.25) is 0 Å². The van der Waals surface area contributed by atoms with Crippen molar-refractivity contribution in [2.75, 3.05) is 5.75 Å². The molecule has 0 N–H and O–H groups in total. The molecule has 124 valence electrons. The van der Waals surface area contributed by atoms with E-state index in [2.05, 4.69) is 53.0 Å². The molecule has 2 heteroatoms. The van der Waals surface area contributed by atoms with Crippen molar-refractivity contribution in [2.24, 2.45) is 0 Å². The maximum Gasteiger partial charge on any atom is 0.00731 e. The minimum Gasteiger partial charge on any atom is -0.179 e. The zero-order chi connectivity index (χ0) is 15.7. The van der Waals surface area contributed by atoms with E-state index in [0.29, 0.717) is 0 Å². The van der Waals surface area contributed by atoms with Crippen LogP contribution in [0.15, 0.2) is 0 Å². The lowest BCUT2D eigenvalue weighted by Crippen LogP contribution is -2.09. The molecule has 0 aliphatic heterocycles. The predicted molar refractivity (Wildman–Crippen MR) is 104 cm³/mol. The molecule has 0 rings (SSSR count). The smallest absolute Gasteiger partial charge is 0.00731 e. The summed E-state index contributed by atoms with van der Waals surface area (Å²) in [5.74, 6) is 1.06. The van der Waals surface area contributed by atoms with Gasteiger partial charge >= 0.3 is 0 Å². The summed E-state index contributed by atoms with van der Waals surface area (Å²) in [6.07, 6.45) is 16.4. The van der Waals surface area contributed by atoms with Crippen molar-refractivity contribution in [3.8, 4) is 0 Å². The number of thiol groups is 2. The van der Waals surface area contributed by atoms with Crippen LogP contribution in [0.5, 0.6) is 0 Å². The Kier molecular flexibility index (Phi) is 20.4. The Labute approximate surface area is 140 Å². The first-order chi connectivity index (χ1) is 9.47. The van der Waals surface area contributed by atoms with Crippen LogP contribution >= 0.6 is 25.3 Å². The maximum atomic E-state index is 4.51. The molecule has 0 atom stereocenters. The van der Waals surface area contributed by atoms with Gasteiger partial charge in [0, 0.05) is 4.75 Å². The van der Waals surface area contributed by atoms with Crippen LogP contribution < -0.4 is 0 Å². The van der Waals surface area contributed by atoms with E-state index in [4.69, 9.17) is 0 Å². The van der Waals surface area contributed by atoms with Gasteiger partial charge in [-0.2, -0.15) is 25.3 Å². The Morgan fingerprint density at radius 3 is 1.45 bits per heavy atom. The fraction of sp³-hybridized carbons (Fsp3) is 1.00. The van der Waals surface area contributed by atoms with Crippen LogP contribution in [-0.2, 0) is 0 Å². The van der Waals surface area contributed by atoms with Crippen molar-refractivity contribution < 1.29 is 0 Å². The third-order valence-corrected chi connectivity index (χ3v) is 3.94. The molecular weight excluding hydrogens is 280 g/mol. The van der Waals surface area contributed by atoms with Crippen LogP contribution in [0.3, 0.4) is 0 Å². The Balaban J connectivity index is 0. The van der Waals surface area contributed by atoms with Gasteiger partial charge in [0.15, 0.2) is 0 Å². The van der Waals surface area contributed by atoms with Gasteiger partial charge in [0.05, 0.1) is 0 Å². The minimum absolute atomic E-state index is 0.240. The van der Waals surface area contributed by atoms with Gasteiger partial charge in [-0.05, 0) is 18.6 Å². The molecule has 0 radical (unpaired) electrons. The van der Waals surface area contributed by atoms with Crippen molar-refractivity contribution in [1.82, 2.24) is 0 Å². The molecule has 0 aliphatic rings. The summed E-state index contributed by atoms with van der Waals surface area (Å²) in [5, 5.41) is 0. The van der Waals surface area contributed by atoms with E-state index >= 15 is 0 Å². The van der Waals surface area contributed by atoms with Crippen molar-refractivity contribution >= 4 is 25.3 Å². The summed E-state index contributed by atoms with van der Waals surface area (Å²) >= 11 is 8.61. The van der Waals surface area contributed by atoms with Crippen molar-refractivity contribution in [1.29, 1.82) is 0 Å². The van der Waals surface area contributed by atoms with Gasteiger partial charge in [-0.3, -0.25) is 0 Å². The highest BCUT2D eigenvalue weighted by Crippen LogP contribution is 2.21. The molecular formula is C18H40S2. The summed E-state index contributed by atoms with van der Waals surface area (Å²) in [5.41, 5.74) is 0. The zero-order valence-corrected chi connectivity index (χ0v) is 16.4. The summed E-state index contributed by atoms with van der Waals surface area (Å²) in [6, 6.07) is 0. The quantitative estimate of drug-likeness (QED) is 0.273. The molecule has 0 saturated heterocycles. The van der Waals surface area contributed by atoms with Crippen LogP contribution in [0, 0.1) is 0 Å². The second kappa shape index (κ2) is 17.8. The Morgan fingerprint density at radius 1 is 0.650 bits per heavy atom. The lowest BCUT2D eigenvalue weighted by Gasteiger charge is -2.16. The Hall–Kier alpha value is 0.700. The Bertz CT molecular complexity index is 157. The third kappa shape index (κ3) is 27.1. The lowest BCUT2D eigenvalue weighted by molar-refractivity contribution is 0.538. The van der Waals surface area contributed by atoms with Crippen molar-refractivity contribution in [2.45, 2.75) is 109 Å². The molecule has 20 heavy (non-hydrogen) atoms. The zero-order valence-electron chi connectivity index (χ0n) is 14.6. The standard InChI is InChI=1S/C12H26S.C6H14S/c1-4-5-6-7-8-9-10-11-12(2,3)13;1-2-3-4-5-6-7/h13H,4-11H2,1-3H3;7H,2-6H2,1H3. The molecule has 0 fully saturated rings. The van der Waals surface area contributed by atoms with Gasteiger partial charge < -0.3 is 0 Å². The first-order valence-corrected chi connectivity index (χ1v) is 9.89. The van der Waals surface area contributed by atoms with Gasteiger partial charge in [0.25, 0.3) is 0 Å². The molecule has 0 bridgehead atoms. The van der Waals surface area contributed by atoms with E-state index in [1.165, 1.54) is 77.0 Å². The highest BCUT2D eigenvalue weighted by atomic mass is 32.1. The van der Waals surface area contributed by atoms with Gasteiger partial charge in [0.1, 0.15) is 0 Å². The molecule has 0 unspecified atom stereocenters. The highest BCUT2D eigenvalue weighted by Gasteiger charge is 2.09. The Morgan fingerprint density at radius 2 is 1.05 bits per heavy atom. The fourth-order valence-electron chi connectivity index (χ4n) is 2.05. The molecule has 0 aromatic rings. The van der Waals surface area contributed by atoms with Gasteiger partial charge in [0.2, 0.25) is 0 Å². The molecule has 0 aromatic heterocycles. The van der Waals surface area contributed by atoms with E-state index in [-0.39, 0.29) is 4.75 Å². The SMILES string of the molecule is CCCCCCCCCC(C)(C)S.CCCCCCS. The monoisotopic (exact) mass is 320 g/mol. The first kappa shape index (κ1) is 23.0. The van der Waals surface area contributed by atoms with Crippen LogP contribution in [0.1, 0.15) is 105 Å². The van der Waals surface area contributed by atoms with Crippen molar-refractivity contribution in [3.05, 3.63) is 0 Å². The molecule has 0 aromatic carbocycles. The fourth-order valence-corrected chi connectivity index (χ4v) is 2.44. The number of rotatable bonds is 12. The molecule has 0 nitrogen and oxygen atoms in total. The number of unbranched alkanes of at least 4 members (excludes halogenated alkanes) is 9. The second-order valence-corrected chi connectivity index (χ2v) is 8.13. The van der Waals surface area contributed by atoms with E-state index in [9.17, 15) is 0 Å². The average Bonchev–Trinajstić information content (AvgIpc) is 2.38. The van der Waals surface area contributed by atoms with E-state index in [1.807, 2.05) is 0 Å². The third-order valence-electron chi connectivity index (χ3n) is 3.40. The second-order valence-electron chi connectivity index (χ2n) is 6.47. The largest absolute Gasteiger partial charge is 0.179 e. The number of hydrogen-bond acceptors (Lipinski definition) is 2. The van der Waals surface area contributed by atoms with E-state index in [0.717, 1.165) is 5.75 Å². The molecule has 0 saturated carbocycles. The van der Waals surface area contributed by atoms with Crippen LogP contribution in [-0.4, -0.2) is 10.5 Å². The topological polar surface area (TPSA) is 0 Å². The molecule has 0 spiro atoms. The van der Waals surface area contributed by atoms with Gasteiger partial charge in [-0.25, -0.2) is 0 Å². The summed E-state index contributed by atoms with van der Waals surface area (Å²) in [6.45, 7) is 8.89. The van der Waals surface area contributed by atoms with Crippen LogP contribution in [0.4, 0.5) is 0 Å². The average molecular weight is 321 g/mol. The van der Waals surface area contributed by atoms with E-state index in [1.54, 1.807) is 0 Å². The highest BCUT2D eigenvalue weighted by molar-refractivity contribution is 7.81.